The molecule has 1 saturated heterocycles. The van der Waals surface area contributed by atoms with E-state index in [9.17, 15) is 14.4 Å². The fraction of sp³-hybridized carbons (Fsp3) is 0.353. The van der Waals surface area contributed by atoms with Crippen LogP contribution in [-0.2, 0) is 9.59 Å². The molecule has 122 valence electrons. The van der Waals surface area contributed by atoms with Gasteiger partial charge in [0.15, 0.2) is 0 Å². The van der Waals surface area contributed by atoms with Crippen molar-refractivity contribution in [2.75, 3.05) is 13.1 Å². The molecule has 0 atom stereocenters. The smallest absolute Gasteiger partial charge is 0.335 e. The van der Waals surface area contributed by atoms with Crippen molar-refractivity contribution in [2.24, 2.45) is 0 Å². The highest BCUT2D eigenvalue weighted by Gasteiger charge is 2.21. The summed E-state index contributed by atoms with van der Waals surface area (Å²) in [6.07, 6.45) is 4.68. The first-order chi connectivity index (χ1) is 11.0. The highest BCUT2D eigenvalue weighted by atomic mass is 16.4. The largest absolute Gasteiger partial charge is 0.478 e. The van der Waals surface area contributed by atoms with Gasteiger partial charge in [-0.25, -0.2) is 4.79 Å². The van der Waals surface area contributed by atoms with Gasteiger partial charge in [0.2, 0.25) is 11.8 Å². The lowest BCUT2D eigenvalue weighted by Gasteiger charge is -2.31. The van der Waals surface area contributed by atoms with Crippen LogP contribution in [0.5, 0.6) is 0 Å². The topological polar surface area (TPSA) is 86.7 Å². The maximum atomic E-state index is 12.1. The Kier molecular flexibility index (Phi) is 5.51. The van der Waals surface area contributed by atoms with Gasteiger partial charge in [-0.05, 0) is 36.6 Å². The van der Waals surface area contributed by atoms with Crippen molar-refractivity contribution in [1.29, 1.82) is 0 Å². The summed E-state index contributed by atoms with van der Waals surface area (Å²) in [5.74, 6) is -1.09. The number of nitrogens with zero attached hydrogens (tertiary/aromatic N) is 1. The van der Waals surface area contributed by atoms with E-state index in [4.69, 9.17) is 5.11 Å². The molecule has 2 N–H and O–H groups in total. The number of carbonyl (C=O) groups is 3. The second kappa shape index (κ2) is 7.58. The lowest BCUT2D eigenvalue weighted by atomic mass is 10.0. The zero-order valence-corrected chi connectivity index (χ0v) is 13.0. The number of hydrogen-bond acceptors (Lipinski definition) is 3. The van der Waals surface area contributed by atoms with E-state index in [1.54, 1.807) is 23.1 Å². The molecule has 1 aliphatic heterocycles. The first kappa shape index (κ1) is 16.7. The van der Waals surface area contributed by atoms with Crippen molar-refractivity contribution in [3.63, 3.8) is 0 Å². The van der Waals surface area contributed by atoms with Crippen molar-refractivity contribution in [2.45, 2.75) is 25.8 Å². The van der Waals surface area contributed by atoms with Gasteiger partial charge in [-0.3, -0.25) is 9.59 Å². The van der Waals surface area contributed by atoms with Crippen molar-refractivity contribution < 1.29 is 19.5 Å². The van der Waals surface area contributed by atoms with E-state index in [0.29, 0.717) is 13.1 Å². The second-order valence-corrected chi connectivity index (χ2v) is 5.56. The third-order valence-corrected chi connectivity index (χ3v) is 3.79. The number of hydrogen-bond donors (Lipinski definition) is 2. The normalized spacial score (nSPS) is 15.6. The molecule has 0 radical (unpaired) electrons. The van der Waals surface area contributed by atoms with Crippen LogP contribution in [0.2, 0.25) is 0 Å². The van der Waals surface area contributed by atoms with Gasteiger partial charge in [0.25, 0.3) is 0 Å². The number of rotatable bonds is 4. The summed E-state index contributed by atoms with van der Waals surface area (Å²) in [4.78, 5) is 35.7. The maximum Gasteiger partial charge on any atom is 0.335 e. The van der Waals surface area contributed by atoms with E-state index < -0.39 is 5.97 Å². The minimum atomic E-state index is -0.973. The number of carboxylic acid groups (broad SMARTS) is 1. The molecular formula is C17H20N2O4. The van der Waals surface area contributed by atoms with Crippen molar-refractivity contribution in [1.82, 2.24) is 10.2 Å². The van der Waals surface area contributed by atoms with Crippen molar-refractivity contribution >= 4 is 23.9 Å². The predicted octanol–water partition coefficient (Wildman–Crippen LogP) is 1.53. The first-order valence-corrected chi connectivity index (χ1v) is 7.53. The molecule has 2 amide bonds. The maximum absolute atomic E-state index is 12.1. The third kappa shape index (κ3) is 4.95. The Morgan fingerprint density at radius 3 is 2.30 bits per heavy atom. The van der Waals surface area contributed by atoms with Crippen LogP contribution in [0.4, 0.5) is 0 Å². The number of nitrogens with one attached hydrogen (secondary N) is 1. The van der Waals surface area contributed by atoms with Crippen LogP contribution < -0.4 is 5.32 Å². The summed E-state index contributed by atoms with van der Waals surface area (Å²) >= 11 is 0. The van der Waals surface area contributed by atoms with Crippen LogP contribution in [0.1, 0.15) is 35.7 Å². The monoisotopic (exact) mass is 316 g/mol. The molecule has 0 aliphatic carbocycles. The van der Waals surface area contributed by atoms with Crippen LogP contribution in [0, 0.1) is 0 Å². The lowest BCUT2D eigenvalue weighted by Crippen LogP contribution is -2.45. The molecule has 0 bridgehead atoms. The van der Waals surface area contributed by atoms with Crippen LogP contribution in [0.3, 0.4) is 0 Å². The number of amides is 2. The van der Waals surface area contributed by atoms with Crippen LogP contribution in [0.25, 0.3) is 6.08 Å². The molecule has 6 nitrogen and oxygen atoms in total. The molecule has 1 aromatic carbocycles. The quantitative estimate of drug-likeness (QED) is 0.825. The predicted molar refractivity (Wildman–Crippen MR) is 85.9 cm³/mol. The Balaban J connectivity index is 1.87. The first-order valence-electron chi connectivity index (χ1n) is 7.53. The average Bonchev–Trinajstić information content (AvgIpc) is 2.53. The summed E-state index contributed by atoms with van der Waals surface area (Å²) < 4.78 is 0. The molecule has 1 aromatic rings. The molecule has 0 spiro atoms. The van der Waals surface area contributed by atoms with Gasteiger partial charge in [-0.1, -0.05) is 12.1 Å². The van der Waals surface area contributed by atoms with Gasteiger partial charge in [0.05, 0.1) is 5.56 Å². The molecule has 23 heavy (non-hydrogen) atoms. The Morgan fingerprint density at radius 2 is 1.78 bits per heavy atom. The number of benzene rings is 1. The number of piperidine rings is 1. The third-order valence-electron chi connectivity index (χ3n) is 3.79. The van der Waals surface area contributed by atoms with Crippen LogP contribution in [0.15, 0.2) is 30.3 Å². The van der Waals surface area contributed by atoms with Gasteiger partial charge >= 0.3 is 5.97 Å². The summed E-state index contributed by atoms with van der Waals surface area (Å²) in [7, 11) is 0. The molecular weight excluding hydrogens is 296 g/mol. The van der Waals surface area contributed by atoms with Crippen molar-refractivity contribution in [3.05, 3.63) is 41.5 Å². The number of carbonyl (C=O) groups excluding carboxylic acids is 2. The van der Waals surface area contributed by atoms with E-state index in [1.165, 1.54) is 25.1 Å². The SMILES string of the molecule is CC(=O)NC1CCN(C(=O)/C=C/c2ccc(C(=O)O)cc2)CC1. The number of carboxylic acids is 1. The molecule has 1 aliphatic rings. The van der Waals surface area contributed by atoms with Gasteiger partial charge in [0, 0.05) is 32.1 Å². The Labute approximate surface area is 134 Å². The zero-order chi connectivity index (χ0) is 16.8. The standard InChI is InChI=1S/C17H20N2O4/c1-12(20)18-15-8-10-19(11-9-15)16(21)7-4-13-2-5-14(6-3-13)17(22)23/h2-7,15H,8-11H2,1H3,(H,18,20)(H,22,23)/b7-4+. The van der Waals surface area contributed by atoms with E-state index in [0.717, 1.165) is 18.4 Å². The highest BCUT2D eigenvalue weighted by molar-refractivity contribution is 5.92. The fourth-order valence-electron chi connectivity index (χ4n) is 2.54. The summed E-state index contributed by atoms with van der Waals surface area (Å²) in [6, 6.07) is 6.48. The average molecular weight is 316 g/mol. The van der Waals surface area contributed by atoms with Crippen LogP contribution in [-0.4, -0.2) is 46.9 Å². The van der Waals surface area contributed by atoms with Crippen LogP contribution >= 0.6 is 0 Å². The Hall–Kier alpha value is -2.63. The van der Waals surface area contributed by atoms with Gasteiger partial charge in [-0.2, -0.15) is 0 Å². The highest BCUT2D eigenvalue weighted by Crippen LogP contribution is 2.12. The summed E-state index contributed by atoms with van der Waals surface area (Å²) in [5.41, 5.74) is 0.991. The zero-order valence-electron chi connectivity index (χ0n) is 13.0. The Bertz CT molecular complexity index is 614. The molecule has 6 heteroatoms. The van der Waals surface area contributed by atoms with E-state index in [1.807, 2.05) is 0 Å². The molecule has 0 unspecified atom stereocenters. The molecule has 1 fully saturated rings. The fourth-order valence-corrected chi connectivity index (χ4v) is 2.54. The molecule has 2 rings (SSSR count). The van der Waals surface area contributed by atoms with Crippen molar-refractivity contribution in [3.8, 4) is 0 Å². The van der Waals surface area contributed by atoms with E-state index in [-0.39, 0.29) is 23.4 Å². The number of aromatic carboxylic acids is 1. The summed E-state index contributed by atoms with van der Waals surface area (Å²) in [6.45, 7) is 2.73. The minimum Gasteiger partial charge on any atom is -0.478 e. The molecule has 0 saturated carbocycles. The molecule has 1 heterocycles. The number of likely N-dealkylation sites (tertiary alicyclic amines) is 1. The second-order valence-electron chi connectivity index (χ2n) is 5.56. The molecule has 0 aromatic heterocycles. The van der Waals surface area contributed by atoms with Gasteiger partial charge in [-0.15, -0.1) is 0 Å². The Morgan fingerprint density at radius 1 is 1.17 bits per heavy atom. The van der Waals surface area contributed by atoms with E-state index in [2.05, 4.69) is 5.32 Å². The van der Waals surface area contributed by atoms with Gasteiger partial charge < -0.3 is 15.3 Å². The van der Waals surface area contributed by atoms with E-state index >= 15 is 0 Å². The lowest BCUT2D eigenvalue weighted by molar-refractivity contribution is -0.127. The minimum absolute atomic E-state index is 0.0421. The summed E-state index contributed by atoms with van der Waals surface area (Å²) in [5, 5.41) is 11.7. The van der Waals surface area contributed by atoms with Gasteiger partial charge in [0.1, 0.15) is 0 Å².